The minimum Gasteiger partial charge on any atom is -0.377 e. The van der Waals surface area contributed by atoms with Crippen molar-refractivity contribution in [1.29, 1.82) is 0 Å². The Hall–Kier alpha value is -1.57. The zero-order chi connectivity index (χ0) is 15.8. The number of anilines is 1. The Bertz CT molecular complexity index is 665. The number of methoxy groups -OCH3 is 1. The summed E-state index contributed by atoms with van der Waals surface area (Å²) in [7, 11) is 1.68. The lowest BCUT2D eigenvalue weighted by atomic mass is 9.78. The van der Waals surface area contributed by atoms with Crippen LogP contribution in [0.3, 0.4) is 0 Å². The van der Waals surface area contributed by atoms with Gasteiger partial charge >= 0.3 is 0 Å². The molecule has 7 heteroatoms. The quantitative estimate of drug-likeness (QED) is 0.901. The van der Waals surface area contributed by atoms with E-state index in [1.807, 2.05) is 11.6 Å². The van der Waals surface area contributed by atoms with Gasteiger partial charge in [-0.1, -0.05) is 0 Å². The van der Waals surface area contributed by atoms with Crippen LogP contribution in [0.4, 0.5) is 5.82 Å². The highest BCUT2D eigenvalue weighted by Crippen LogP contribution is 2.37. The Kier molecular flexibility index (Phi) is 4.00. The van der Waals surface area contributed by atoms with Gasteiger partial charge in [0, 0.05) is 61.4 Å². The summed E-state index contributed by atoms with van der Waals surface area (Å²) in [5, 5.41) is 3.26. The molecule has 0 aromatic carbocycles. The molecule has 1 saturated carbocycles. The number of nitrogens with two attached hydrogens (primary N) is 1. The number of rotatable bonds is 5. The third-order valence-corrected chi connectivity index (χ3v) is 5.59. The van der Waals surface area contributed by atoms with Gasteiger partial charge in [0.1, 0.15) is 12.4 Å². The molecule has 2 aromatic rings. The molecule has 0 spiro atoms. The number of hydrogen-bond acceptors (Lipinski definition) is 7. The Labute approximate surface area is 139 Å². The van der Waals surface area contributed by atoms with Crippen LogP contribution in [0.15, 0.2) is 17.6 Å². The molecule has 2 aliphatic rings. The average Bonchev–Trinajstić information content (AvgIpc) is 2.96. The zero-order valence-electron chi connectivity index (χ0n) is 13.2. The van der Waals surface area contributed by atoms with Crippen LogP contribution in [0.2, 0.25) is 0 Å². The van der Waals surface area contributed by atoms with Crippen molar-refractivity contribution in [2.75, 3.05) is 25.1 Å². The van der Waals surface area contributed by atoms with Gasteiger partial charge in [-0.05, 0) is 12.8 Å². The summed E-state index contributed by atoms with van der Waals surface area (Å²) >= 11 is 1.73. The summed E-state index contributed by atoms with van der Waals surface area (Å²) in [6, 6.07) is 2.45. The van der Waals surface area contributed by atoms with E-state index in [1.54, 1.807) is 18.4 Å². The van der Waals surface area contributed by atoms with Crippen LogP contribution in [0.1, 0.15) is 41.2 Å². The van der Waals surface area contributed by atoms with E-state index in [9.17, 15) is 0 Å². The maximum atomic E-state index is 5.93. The van der Waals surface area contributed by atoms with Crippen molar-refractivity contribution in [1.82, 2.24) is 15.0 Å². The van der Waals surface area contributed by atoms with Gasteiger partial charge in [0.2, 0.25) is 0 Å². The molecular formula is C16H21N5OS. The van der Waals surface area contributed by atoms with Crippen LogP contribution in [-0.4, -0.2) is 41.2 Å². The van der Waals surface area contributed by atoms with Crippen LogP contribution < -0.4 is 10.6 Å². The van der Waals surface area contributed by atoms with E-state index in [2.05, 4.69) is 25.9 Å². The highest BCUT2D eigenvalue weighted by Gasteiger charge is 2.33. The first-order valence-corrected chi connectivity index (χ1v) is 8.87. The largest absolute Gasteiger partial charge is 0.377 e. The fourth-order valence-corrected chi connectivity index (χ4v) is 3.95. The first kappa shape index (κ1) is 15.0. The molecule has 0 bridgehead atoms. The zero-order valence-corrected chi connectivity index (χ0v) is 14.0. The van der Waals surface area contributed by atoms with Crippen molar-refractivity contribution in [3.63, 3.8) is 0 Å². The Morgan fingerprint density at radius 1 is 1.30 bits per heavy atom. The lowest BCUT2D eigenvalue weighted by Gasteiger charge is -2.40. The fourth-order valence-electron chi connectivity index (χ4n) is 3.23. The van der Waals surface area contributed by atoms with E-state index in [-0.39, 0.29) is 0 Å². The van der Waals surface area contributed by atoms with Crippen LogP contribution in [-0.2, 0) is 11.3 Å². The molecule has 3 heterocycles. The maximum absolute atomic E-state index is 5.93. The summed E-state index contributed by atoms with van der Waals surface area (Å²) in [4.78, 5) is 16.0. The van der Waals surface area contributed by atoms with Crippen molar-refractivity contribution < 1.29 is 4.74 Å². The van der Waals surface area contributed by atoms with Gasteiger partial charge in [0.05, 0.1) is 5.01 Å². The van der Waals surface area contributed by atoms with Gasteiger partial charge in [0.25, 0.3) is 0 Å². The number of ether oxygens (including phenoxy) is 1. The van der Waals surface area contributed by atoms with Gasteiger partial charge < -0.3 is 15.4 Å². The van der Waals surface area contributed by atoms with Crippen LogP contribution in [0.5, 0.6) is 0 Å². The van der Waals surface area contributed by atoms with Crippen molar-refractivity contribution in [2.45, 2.75) is 37.3 Å². The van der Waals surface area contributed by atoms with E-state index >= 15 is 0 Å². The third-order valence-electron chi connectivity index (χ3n) is 4.65. The summed E-state index contributed by atoms with van der Waals surface area (Å²) in [5.41, 5.74) is 7.04. The second kappa shape index (κ2) is 6.14. The van der Waals surface area contributed by atoms with E-state index in [0.717, 1.165) is 43.3 Å². The molecule has 0 unspecified atom stereocenters. The molecule has 23 heavy (non-hydrogen) atoms. The topological polar surface area (TPSA) is 77.2 Å². The van der Waals surface area contributed by atoms with Gasteiger partial charge in [-0.15, -0.1) is 11.3 Å². The third kappa shape index (κ3) is 2.96. The number of nitrogens with zero attached hydrogens (tertiary/aromatic N) is 4. The van der Waals surface area contributed by atoms with E-state index < -0.39 is 0 Å². The fraction of sp³-hybridized carbons (Fsp3) is 0.562. The predicted octanol–water partition coefficient (Wildman–Crippen LogP) is 1.89. The van der Waals surface area contributed by atoms with Crippen molar-refractivity contribution >= 4 is 17.2 Å². The lowest BCUT2D eigenvalue weighted by molar-refractivity contribution is 0.177. The number of thiazole rings is 1. The van der Waals surface area contributed by atoms with Gasteiger partial charge in [-0.25, -0.2) is 15.0 Å². The molecule has 4 rings (SSSR count). The Morgan fingerprint density at radius 2 is 2.13 bits per heavy atom. The minimum atomic E-state index is 0.322. The van der Waals surface area contributed by atoms with Gasteiger partial charge in [0.15, 0.2) is 5.82 Å². The first-order valence-electron chi connectivity index (χ1n) is 7.99. The summed E-state index contributed by atoms with van der Waals surface area (Å²) in [5.74, 6) is 2.77. The summed E-state index contributed by atoms with van der Waals surface area (Å²) in [6.07, 6.45) is 3.91. The summed E-state index contributed by atoms with van der Waals surface area (Å²) < 4.78 is 5.23. The molecular weight excluding hydrogens is 310 g/mol. The van der Waals surface area contributed by atoms with Crippen LogP contribution >= 0.6 is 11.3 Å². The monoisotopic (exact) mass is 331 g/mol. The number of aromatic nitrogens is 3. The molecule has 2 N–H and O–H groups in total. The first-order chi connectivity index (χ1) is 11.2. The average molecular weight is 331 g/mol. The highest BCUT2D eigenvalue weighted by atomic mass is 32.1. The molecule has 2 fully saturated rings. The van der Waals surface area contributed by atoms with E-state index in [0.29, 0.717) is 24.5 Å². The van der Waals surface area contributed by atoms with Crippen molar-refractivity contribution in [3.8, 4) is 0 Å². The van der Waals surface area contributed by atoms with E-state index in [1.165, 1.54) is 5.01 Å². The standard InChI is InChI=1S/C16H21N5OS/c1-22-9-14-19-13(10-4-12(17)5-10)6-15(20-14)21-7-11(8-21)16-18-2-3-23-16/h2-3,6,10-12H,4-5,7-9,17H2,1H3. The second-order valence-electron chi connectivity index (χ2n) is 6.40. The molecule has 6 nitrogen and oxygen atoms in total. The van der Waals surface area contributed by atoms with Crippen molar-refractivity contribution in [3.05, 3.63) is 34.2 Å². The smallest absolute Gasteiger partial charge is 0.156 e. The van der Waals surface area contributed by atoms with Crippen LogP contribution in [0, 0.1) is 0 Å². The molecule has 1 aliphatic heterocycles. The Balaban J connectivity index is 1.51. The number of hydrogen-bond donors (Lipinski definition) is 1. The minimum absolute atomic E-state index is 0.322. The second-order valence-corrected chi connectivity index (χ2v) is 7.33. The van der Waals surface area contributed by atoms with Crippen molar-refractivity contribution in [2.24, 2.45) is 5.73 Å². The SMILES string of the molecule is COCc1nc(C2CC(N)C2)cc(N2CC(c3nccs3)C2)n1. The van der Waals surface area contributed by atoms with Gasteiger partial charge in [-0.3, -0.25) is 0 Å². The predicted molar refractivity (Wildman–Crippen MR) is 89.8 cm³/mol. The molecule has 0 amide bonds. The normalized spacial score (nSPS) is 24.3. The summed E-state index contributed by atoms with van der Waals surface area (Å²) in [6.45, 7) is 2.39. The molecule has 0 radical (unpaired) electrons. The van der Waals surface area contributed by atoms with E-state index in [4.69, 9.17) is 10.5 Å². The molecule has 1 aliphatic carbocycles. The molecule has 0 atom stereocenters. The van der Waals surface area contributed by atoms with Crippen LogP contribution in [0.25, 0.3) is 0 Å². The lowest BCUT2D eigenvalue weighted by Crippen LogP contribution is -2.45. The van der Waals surface area contributed by atoms with Gasteiger partial charge in [-0.2, -0.15) is 0 Å². The molecule has 2 aromatic heterocycles. The maximum Gasteiger partial charge on any atom is 0.156 e. The molecule has 1 saturated heterocycles. The Morgan fingerprint density at radius 3 is 2.78 bits per heavy atom. The molecule has 122 valence electrons. The highest BCUT2D eigenvalue weighted by molar-refractivity contribution is 7.09.